The van der Waals surface area contributed by atoms with Gasteiger partial charge in [-0.2, -0.15) is 0 Å². The van der Waals surface area contributed by atoms with Crippen LogP contribution in [0.25, 0.3) is 0 Å². The summed E-state index contributed by atoms with van der Waals surface area (Å²) in [6, 6.07) is 8.84. The molecule has 0 amide bonds. The van der Waals surface area contributed by atoms with Crippen LogP contribution in [0.4, 0.5) is 5.69 Å². The van der Waals surface area contributed by atoms with Crippen molar-refractivity contribution in [3.8, 4) is 0 Å². The van der Waals surface area contributed by atoms with Gasteiger partial charge in [0.15, 0.2) is 0 Å². The summed E-state index contributed by atoms with van der Waals surface area (Å²) in [5.41, 5.74) is 4.24. The van der Waals surface area contributed by atoms with Crippen LogP contribution in [0.1, 0.15) is 52.0 Å². The zero-order valence-electron chi connectivity index (χ0n) is 12.9. The maximum Gasteiger partial charge on any atom is 0.0398 e. The molecule has 2 rings (SSSR count). The van der Waals surface area contributed by atoms with Crippen molar-refractivity contribution in [1.29, 1.82) is 0 Å². The number of hydrogen-bond acceptors (Lipinski definition) is 1. The number of aryl methyl sites for hydroxylation is 1. The fourth-order valence-electron chi connectivity index (χ4n) is 2.33. The second-order valence-electron chi connectivity index (χ2n) is 5.49. The Hall–Kier alpha value is -1.24. The Morgan fingerprint density at radius 1 is 1.21 bits per heavy atom. The lowest BCUT2D eigenvalue weighted by molar-refractivity contribution is 0.710. The highest BCUT2D eigenvalue weighted by Crippen LogP contribution is 2.26. The second kappa shape index (κ2) is 8.79. The van der Waals surface area contributed by atoms with Gasteiger partial charge in [0.25, 0.3) is 0 Å². The molecule has 19 heavy (non-hydrogen) atoms. The van der Waals surface area contributed by atoms with Crippen LogP contribution in [0.5, 0.6) is 0 Å². The molecule has 1 aliphatic rings. The van der Waals surface area contributed by atoms with Crippen molar-refractivity contribution in [2.75, 3.05) is 18.0 Å². The van der Waals surface area contributed by atoms with Gasteiger partial charge in [-0.1, -0.05) is 44.0 Å². The Morgan fingerprint density at radius 2 is 1.89 bits per heavy atom. The van der Waals surface area contributed by atoms with Gasteiger partial charge in [-0.15, -0.1) is 6.58 Å². The third-order valence-corrected chi connectivity index (χ3v) is 3.26. The van der Waals surface area contributed by atoms with Crippen molar-refractivity contribution in [3.63, 3.8) is 0 Å². The molecule has 0 saturated carbocycles. The summed E-state index contributed by atoms with van der Waals surface area (Å²) in [6.07, 6.45) is 6.22. The van der Waals surface area contributed by atoms with Crippen molar-refractivity contribution in [2.45, 2.75) is 52.9 Å². The van der Waals surface area contributed by atoms with Crippen LogP contribution in [0.3, 0.4) is 0 Å². The number of rotatable bonds is 3. The second-order valence-corrected chi connectivity index (χ2v) is 5.49. The molecule has 1 aromatic rings. The average molecular weight is 259 g/mol. The molecular formula is C18H29N. The highest BCUT2D eigenvalue weighted by molar-refractivity contribution is 5.54. The van der Waals surface area contributed by atoms with Crippen molar-refractivity contribution < 1.29 is 0 Å². The third kappa shape index (κ3) is 5.50. The van der Waals surface area contributed by atoms with Crippen LogP contribution in [-0.2, 0) is 6.42 Å². The first kappa shape index (κ1) is 15.8. The van der Waals surface area contributed by atoms with Crippen LogP contribution in [0.15, 0.2) is 36.4 Å². The van der Waals surface area contributed by atoms with E-state index in [1.807, 2.05) is 0 Å². The van der Waals surface area contributed by atoms with Crippen molar-refractivity contribution >= 4 is 5.69 Å². The van der Waals surface area contributed by atoms with E-state index in [0.717, 1.165) is 13.0 Å². The average Bonchev–Trinajstić information content (AvgIpc) is 2.59. The molecule has 106 valence electrons. The Morgan fingerprint density at radius 3 is 2.58 bits per heavy atom. The maximum atomic E-state index is 3.99. The molecule has 0 N–H and O–H groups in total. The molecule has 0 aromatic heterocycles. The van der Waals surface area contributed by atoms with E-state index in [1.54, 1.807) is 0 Å². The van der Waals surface area contributed by atoms with Crippen molar-refractivity contribution in [1.82, 2.24) is 0 Å². The monoisotopic (exact) mass is 259 g/mol. The van der Waals surface area contributed by atoms with E-state index < -0.39 is 0 Å². The van der Waals surface area contributed by atoms with Gasteiger partial charge >= 0.3 is 0 Å². The van der Waals surface area contributed by atoms with E-state index in [4.69, 9.17) is 0 Å². The van der Waals surface area contributed by atoms with Crippen LogP contribution in [0.2, 0.25) is 0 Å². The predicted molar refractivity (Wildman–Crippen MR) is 87.0 cm³/mol. The topological polar surface area (TPSA) is 3.24 Å². The summed E-state index contributed by atoms with van der Waals surface area (Å²) in [4.78, 5) is 2.52. The number of anilines is 1. The van der Waals surface area contributed by atoms with E-state index in [2.05, 4.69) is 56.5 Å². The van der Waals surface area contributed by atoms with Gasteiger partial charge in [-0.05, 0) is 44.2 Å². The van der Waals surface area contributed by atoms with Gasteiger partial charge in [0.1, 0.15) is 0 Å². The van der Waals surface area contributed by atoms with Gasteiger partial charge in [-0.3, -0.25) is 0 Å². The molecule has 0 aliphatic carbocycles. The summed E-state index contributed by atoms with van der Waals surface area (Å²) < 4.78 is 0. The Bertz CT molecular complexity index is 381. The van der Waals surface area contributed by atoms with E-state index in [9.17, 15) is 0 Å². The summed E-state index contributed by atoms with van der Waals surface area (Å²) in [5, 5.41) is 0. The molecule has 0 bridgehead atoms. The number of fused-ring (bicyclic) bond motifs is 1. The van der Waals surface area contributed by atoms with Crippen molar-refractivity contribution in [2.24, 2.45) is 0 Å². The minimum Gasteiger partial charge on any atom is -0.371 e. The Kier molecular flexibility index (Phi) is 7.32. The zero-order valence-corrected chi connectivity index (χ0v) is 12.9. The van der Waals surface area contributed by atoms with Crippen molar-refractivity contribution in [3.05, 3.63) is 42.0 Å². The lowest BCUT2D eigenvalue weighted by Crippen LogP contribution is -2.25. The molecule has 0 saturated heterocycles. The lowest BCUT2D eigenvalue weighted by atomic mass is 10.1. The normalized spacial score (nSPS) is 13.9. The minimum atomic E-state index is 1.11. The van der Waals surface area contributed by atoms with Crippen LogP contribution >= 0.6 is 0 Å². The summed E-state index contributed by atoms with van der Waals surface area (Å²) >= 11 is 0. The molecule has 0 fully saturated rings. The first-order valence-electron chi connectivity index (χ1n) is 7.66. The first-order chi connectivity index (χ1) is 9.19. The first-order valence-corrected chi connectivity index (χ1v) is 7.66. The molecule has 0 atom stereocenters. The summed E-state index contributed by atoms with van der Waals surface area (Å²) in [6.45, 7) is 12.7. The molecule has 1 heterocycles. The Labute approximate surface area is 119 Å². The lowest BCUT2D eigenvalue weighted by Gasteiger charge is -2.25. The molecule has 0 spiro atoms. The number of para-hydroxylation sites is 1. The standard InChI is InChI=1S/C15H21N.C3H8/c1-13(2)10-12-16-11-6-5-8-14-7-3-4-9-15(14)16;1-3-2/h3-4,7,9H,1,5-6,8,10-12H2,2H3;3H2,1-2H3. The SMILES string of the molecule is C=C(C)CCN1CCCCc2ccccc21.CCC. The van der Waals surface area contributed by atoms with Gasteiger partial charge in [0.2, 0.25) is 0 Å². The van der Waals surface area contributed by atoms with Crippen LogP contribution in [0, 0.1) is 0 Å². The van der Waals surface area contributed by atoms with Crippen LogP contribution in [-0.4, -0.2) is 13.1 Å². The van der Waals surface area contributed by atoms with Crippen LogP contribution < -0.4 is 4.90 Å². The molecule has 1 nitrogen and oxygen atoms in total. The van der Waals surface area contributed by atoms with Gasteiger partial charge in [-0.25, -0.2) is 0 Å². The van der Waals surface area contributed by atoms with E-state index >= 15 is 0 Å². The fraction of sp³-hybridized carbons (Fsp3) is 0.556. The number of hydrogen-bond donors (Lipinski definition) is 0. The van der Waals surface area contributed by atoms with Gasteiger partial charge in [0, 0.05) is 18.8 Å². The van der Waals surface area contributed by atoms with E-state index in [0.29, 0.717) is 0 Å². The molecular weight excluding hydrogens is 230 g/mol. The minimum absolute atomic E-state index is 1.11. The largest absolute Gasteiger partial charge is 0.371 e. The quantitative estimate of drug-likeness (QED) is 0.673. The highest BCUT2D eigenvalue weighted by Gasteiger charge is 2.13. The van der Waals surface area contributed by atoms with Gasteiger partial charge in [0.05, 0.1) is 0 Å². The number of benzene rings is 1. The molecule has 1 aromatic carbocycles. The highest BCUT2D eigenvalue weighted by atomic mass is 15.1. The zero-order chi connectivity index (χ0) is 14.1. The molecule has 0 radical (unpaired) electrons. The molecule has 0 unspecified atom stereocenters. The predicted octanol–water partition coefficient (Wildman–Crippen LogP) is 5.21. The maximum absolute atomic E-state index is 3.99. The van der Waals surface area contributed by atoms with E-state index in [1.165, 1.54) is 49.1 Å². The fourth-order valence-corrected chi connectivity index (χ4v) is 2.33. The Balaban J connectivity index is 0.000000550. The molecule has 1 aliphatic heterocycles. The summed E-state index contributed by atoms with van der Waals surface area (Å²) in [7, 11) is 0. The smallest absolute Gasteiger partial charge is 0.0398 e. The third-order valence-electron chi connectivity index (χ3n) is 3.26. The van der Waals surface area contributed by atoms with Gasteiger partial charge < -0.3 is 4.90 Å². The summed E-state index contributed by atoms with van der Waals surface area (Å²) in [5.74, 6) is 0. The van der Waals surface area contributed by atoms with E-state index in [-0.39, 0.29) is 0 Å². The molecule has 1 heteroatoms. The number of nitrogens with zero attached hydrogens (tertiary/aromatic N) is 1.